The van der Waals surface area contributed by atoms with Gasteiger partial charge in [0, 0.05) is 13.1 Å². The van der Waals surface area contributed by atoms with E-state index in [4.69, 9.17) is 5.73 Å². The number of nitrogens with zero attached hydrogens (tertiary/aromatic N) is 1. The van der Waals surface area contributed by atoms with Crippen LogP contribution in [0.3, 0.4) is 0 Å². The molecule has 0 aliphatic rings. The van der Waals surface area contributed by atoms with Gasteiger partial charge < -0.3 is 10.6 Å². The Morgan fingerprint density at radius 2 is 1.80 bits per heavy atom. The van der Waals surface area contributed by atoms with Crippen molar-refractivity contribution in [3.8, 4) is 0 Å². The van der Waals surface area contributed by atoms with Gasteiger partial charge in [-0.1, -0.05) is 30.3 Å². The van der Waals surface area contributed by atoms with E-state index in [1.807, 2.05) is 44.2 Å². The summed E-state index contributed by atoms with van der Waals surface area (Å²) in [4.78, 5) is 13.7. The molecule has 15 heavy (non-hydrogen) atoms. The number of rotatable bonds is 4. The quantitative estimate of drug-likeness (QED) is 0.812. The monoisotopic (exact) mass is 206 g/mol. The van der Waals surface area contributed by atoms with Crippen LogP contribution in [0.15, 0.2) is 30.3 Å². The highest BCUT2D eigenvalue weighted by molar-refractivity contribution is 5.83. The number of carbonyl (C=O) groups excluding carboxylic acids is 1. The van der Waals surface area contributed by atoms with E-state index in [2.05, 4.69) is 0 Å². The van der Waals surface area contributed by atoms with Crippen LogP contribution in [-0.4, -0.2) is 23.9 Å². The first-order chi connectivity index (χ1) is 7.20. The van der Waals surface area contributed by atoms with E-state index < -0.39 is 6.04 Å². The van der Waals surface area contributed by atoms with Gasteiger partial charge in [-0.05, 0) is 19.4 Å². The van der Waals surface area contributed by atoms with Crippen molar-refractivity contribution in [3.63, 3.8) is 0 Å². The lowest BCUT2D eigenvalue weighted by atomic mass is 10.1. The summed E-state index contributed by atoms with van der Waals surface area (Å²) in [6.45, 7) is 5.32. The van der Waals surface area contributed by atoms with E-state index in [1.165, 1.54) is 0 Å². The summed E-state index contributed by atoms with van der Waals surface area (Å²) in [7, 11) is 0. The molecule has 0 spiro atoms. The van der Waals surface area contributed by atoms with Gasteiger partial charge in [0.1, 0.15) is 6.04 Å². The van der Waals surface area contributed by atoms with Gasteiger partial charge in [-0.2, -0.15) is 0 Å². The van der Waals surface area contributed by atoms with E-state index in [0.29, 0.717) is 13.1 Å². The zero-order valence-corrected chi connectivity index (χ0v) is 9.31. The fourth-order valence-corrected chi connectivity index (χ4v) is 1.53. The molecule has 0 saturated carbocycles. The molecular formula is C12H18N2O. The zero-order chi connectivity index (χ0) is 11.3. The standard InChI is InChI=1S/C12H18N2O/c1-3-14(4-2)12(15)11(13)10-8-6-5-7-9-10/h5-9,11H,3-4,13H2,1-2H3/t11-/m0/s1. The zero-order valence-electron chi connectivity index (χ0n) is 9.31. The van der Waals surface area contributed by atoms with E-state index >= 15 is 0 Å². The van der Waals surface area contributed by atoms with Crippen LogP contribution in [0.1, 0.15) is 25.5 Å². The summed E-state index contributed by atoms with van der Waals surface area (Å²) in [6.07, 6.45) is 0. The molecule has 0 fully saturated rings. The summed E-state index contributed by atoms with van der Waals surface area (Å²) >= 11 is 0. The number of carbonyl (C=O) groups is 1. The van der Waals surface area contributed by atoms with E-state index in [9.17, 15) is 4.79 Å². The summed E-state index contributed by atoms with van der Waals surface area (Å²) < 4.78 is 0. The largest absolute Gasteiger partial charge is 0.342 e. The molecule has 3 heteroatoms. The van der Waals surface area contributed by atoms with Crippen LogP contribution >= 0.6 is 0 Å². The normalized spacial score (nSPS) is 12.2. The highest BCUT2D eigenvalue weighted by Crippen LogP contribution is 2.12. The molecule has 1 aromatic rings. The topological polar surface area (TPSA) is 46.3 Å². The fraction of sp³-hybridized carbons (Fsp3) is 0.417. The number of likely N-dealkylation sites (N-methyl/N-ethyl adjacent to an activating group) is 1. The lowest BCUT2D eigenvalue weighted by Crippen LogP contribution is -2.38. The smallest absolute Gasteiger partial charge is 0.244 e. The van der Waals surface area contributed by atoms with Crippen LogP contribution in [0.25, 0.3) is 0 Å². The highest BCUT2D eigenvalue weighted by Gasteiger charge is 2.19. The lowest BCUT2D eigenvalue weighted by molar-refractivity contribution is -0.132. The molecular weight excluding hydrogens is 188 g/mol. The Hall–Kier alpha value is -1.35. The molecule has 0 radical (unpaired) electrons. The fourth-order valence-electron chi connectivity index (χ4n) is 1.53. The van der Waals surface area contributed by atoms with Gasteiger partial charge in [0.15, 0.2) is 0 Å². The van der Waals surface area contributed by atoms with Gasteiger partial charge in [0.2, 0.25) is 5.91 Å². The van der Waals surface area contributed by atoms with Gasteiger partial charge in [-0.25, -0.2) is 0 Å². The van der Waals surface area contributed by atoms with Crippen LogP contribution in [0.4, 0.5) is 0 Å². The Bertz CT molecular complexity index is 307. The minimum atomic E-state index is -0.536. The number of hydrogen-bond donors (Lipinski definition) is 1. The summed E-state index contributed by atoms with van der Waals surface area (Å²) in [6, 6.07) is 8.93. The van der Waals surface area contributed by atoms with Crippen LogP contribution in [0.2, 0.25) is 0 Å². The van der Waals surface area contributed by atoms with Crippen molar-refractivity contribution >= 4 is 5.91 Å². The molecule has 0 aliphatic carbocycles. The van der Waals surface area contributed by atoms with Gasteiger partial charge >= 0.3 is 0 Å². The molecule has 0 aliphatic heterocycles. The van der Waals surface area contributed by atoms with Crippen molar-refractivity contribution in [1.29, 1.82) is 0 Å². The Labute approximate surface area is 90.9 Å². The number of benzene rings is 1. The van der Waals surface area contributed by atoms with Crippen LogP contribution in [0, 0.1) is 0 Å². The molecule has 1 rings (SSSR count). The molecule has 0 unspecified atom stereocenters. The van der Waals surface area contributed by atoms with Crippen molar-refractivity contribution in [2.24, 2.45) is 5.73 Å². The lowest BCUT2D eigenvalue weighted by Gasteiger charge is -2.22. The van der Waals surface area contributed by atoms with Crippen LogP contribution in [0.5, 0.6) is 0 Å². The first kappa shape index (κ1) is 11.7. The van der Waals surface area contributed by atoms with Crippen molar-refractivity contribution < 1.29 is 4.79 Å². The van der Waals surface area contributed by atoms with Crippen LogP contribution < -0.4 is 5.73 Å². The minimum absolute atomic E-state index is 0.00815. The van der Waals surface area contributed by atoms with Gasteiger partial charge in [0.05, 0.1) is 0 Å². The third-order valence-corrected chi connectivity index (χ3v) is 2.50. The maximum Gasteiger partial charge on any atom is 0.244 e. The molecule has 0 bridgehead atoms. The third-order valence-electron chi connectivity index (χ3n) is 2.50. The second-order valence-electron chi connectivity index (χ2n) is 3.40. The molecule has 0 saturated heterocycles. The maximum atomic E-state index is 11.9. The third kappa shape index (κ3) is 2.80. The Morgan fingerprint density at radius 1 is 1.27 bits per heavy atom. The summed E-state index contributed by atoms with van der Waals surface area (Å²) in [5.41, 5.74) is 6.77. The Kier molecular flexibility index (Phi) is 4.31. The van der Waals surface area contributed by atoms with Gasteiger partial charge in [0.25, 0.3) is 0 Å². The Morgan fingerprint density at radius 3 is 2.27 bits per heavy atom. The second kappa shape index (κ2) is 5.51. The van der Waals surface area contributed by atoms with Crippen molar-refractivity contribution in [3.05, 3.63) is 35.9 Å². The molecule has 2 N–H and O–H groups in total. The van der Waals surface area contributed by atoms with Gasteiger partial charge in [-0.3, -0.25) is 4.79 Å². The van der Waals surface area contributed by atoms with Crippen molar-refractivity contribution in [2.45, 2.75) is 19.9 Å². The van der Waals surface area contributed by atoms with E-state index in [0.717, 1.165) is 5.56 Å². The Balaban J connectivity index is 2.76. The van der Waals surface area contributed by atoms with E-state index in [1.54, 1.807) is 4.90 Å². The summed E-state index contributed by atoms with van der Waals surface area (Å²) in [5, 5.41) is 0. The number of hydrogen-bond acceptors (Lipinski definition) is 2. The molecule has 0 aromatic heterocycles. The van der Waals surface area contributed by atoms with Crippen molar-refractivity contribution in [2.75, 3.05) is 13.1 Å². The second-order valence-corrected chi connectivity index (χ2v) is 3.40. The summed E-state index contributed by atoms with van der Waals surface area (Å²) in [5.74, 6) is -0.00815. The molecule has 1 atom stereocenters. The first-order valence-corrected chi connectivity index (χ1v) is 5.30. The predicted octanol–water partition coefficient (Wildman–Crippen LogP) is 1.55. The molecule has 1 amide bonds. The predicted molar refractivity (Wildman–Crippen MR) is 61.3 cm³/mol. The SMILES string of the molecule is CCN(CC)C(=O)[C@@H](N)c1ccccc1. The number of nitrogens with two attached hydrogens (primary N) is 1. The molecule has 3 nitrogen and oxygen atoms in total. The molecule has 82 valence electrons. The molecule has 1 aromatic carbocycles. The minimum Gasteiger partial charge on any atom is -0.342 e. The number of amides is 1. The average molecular weight is 206 g/mol. The van der Waals surface area contributed by atoms with E-state index in [-0.39, 0.29) is 5.91 Å². The van der Waals surface area contributed by atoms with Crippen molar-refractivity contribution in [1.82, 2.24) is 4.90 Å². The highest BCUT2D eigenvalue weighted by atomic mass is 16.2. The first-order valence-electron chi connectivity index (χ1n) is 5.30. The average Bonchev–Trinajstić information content (AvgIpc) is 2.30. The van der Waals surface area contributed by atoms with Crippen LogP contribution in [-0.2, 0) is 4.79 Å². The molecule has 0 heterocycles. The van der Waals surface area contributed by atoms with Gasteiger partial charge in [-0.15, -0.1) is 0 Å². The maximum absolute atomic E-state index is 11.9.